The standard InChI is InChI=1S/C19H24N6O2S/c1-5-6-8-27-18(26)25-10-13-14(19(25,3)4)23-24-16(13)22-15-12-7-9-28-17(12)21-11(2)20-15/h7,9H,5-6,8,10H2,1-4H3,(H2,20,21,22,23,24). The number of anilines is 2. The van der Waals surface area contributed by atoms with Crippen LogP contribution >= 0.6 is 11.3 Å². The van der Waals surface area contributed by atoms with Crippen molar-refractivity contribution in [3.8, 4) is 0 Å². The minimum atomic E-state index is -0.523. The number of nitrogens with one attached hydrogen (secondary N) is 2. The number of nitrogens with zero attached hydrogens (tertiary/aromatic N) is 4. The van der Waals surface area contributed by atoms with Gasteiger partial charge >= 0.3 is 6.09 Å². The van der Waals surface area contributed by atoms with Crippen molar-refractivity contribution in [3.05, 3.63) is 28.5 Å². The Morgan fingerprint density at radius 3 is 3.00 bits per heavy atom. The van der Waals surface area contributed by atoms with Crippen LogP contribution in [0.3, 0.4) is 0 Å². The molecule has 0 aliphatic carbocycles. The van der Waals surface area contributed by atoms with E-state index in [1.54, 1.807) is 16.2 Å². The monoisotopic (exact) mass is 400 g/mol. The lowest BCUT2D eigenvalue weighted by Crippen LogP contribution is -2.41. The van der Waals surface area contributed by atoms with Gasteiger partial charge in [-0.05, 0) is 38.6 Å². The Bertz CT molecular complexity index is 1020. The van der Waals surface area contributed by atoms with Gasteiger partial charge in [-0.25, -0.2) is 14.8 Å². The first kappa shape index (κ1) is 18.7. The van der Waals surface area contributed by atoms with Crippen LogP contribution in [0.1, 0.15) is 50.7 Å². The summed E-state index contributed by atoms with van der Waals surface area (Å²) in [6.45, 7) is 8.80. The number of hydrogen-bond donors (Lipinski definition) is 2. The van der Waals surface area contributed by atoms with Crippen LogP contribution in [-0.2, 0) is 16.8 Å². The predicted molar refractivity (Wildman–Crippen MR) is 109 cm³/mol. The number of fused-ring (bicyclic) bond motifs is 2. The summed E-state index contributed by atoms with van der Waals surface area (Å²) in [5.41, 5.74) is 1.34. The first-order valence-corrected chi connectivity index (χ1v) is 10.3. The molecule has 0 saturated carbocycles. The van der Waals surface area contributed by atoms with E-state index in [1.165, 1.54) is 0 Å². The Morgan fingerprint density at radius 1 is 1.39 bits per heavy atom. The van der Waals surface area contributed by atoms with Crippen LogP contribution in [0.2, 0.25) is 0 Å². The number of rotatable bonds is 5. The fourth-order valence-electron chi connectivity index (χ4n) is 3.46. The fourth-order valence-corrected chi connectivity index (χ4v) is 4.27. The maximum atomic E-state index is 12.6. The number of carbonyl (C=O) groups excluding carboxylic acids is 1. The van der Waals surface area contributed by atoms with Crippen molar-refractivity contribution >= 4 is 39.3 Å². The largest absolute Gasteiger partial charge is 0.449 e. The third-order valence-corrected chi connectivity index (χ3v) is 5.89. The lowest BCUT2D eigenvalue weighted by molar-refractivity contribution is 0.0645. The van der Waals surface area contributed by atoms with E-state index in [-0.39, 0.29) is 6.09 Å². The number of aryl methyl sites for hydroxylation is 1. The van der Waals surface area contributed by atoms with Crippen LogP contribution in [0.15, 0.2) is 11.4 Å². The predicted octanol–water partition coefficient (Wildman–Crippen LogP) is 4.45. The van der Waals surface area contributed by atoms with Gasteiger partial charge in [0.05, 0.1) is 29.8 Å². The molecule has 3 aromatic rings. The molecular formula is C19H24N6O2S. The topological polar surface area (TPSA) is 96.0 Å². The highest BCUT2D eigenvalue weighted by molar-refractivity contribution is 7.16. The van der Waals surface area contributed by atoms with E-state index >= 15 is 0 Å². The average Bonchev–Trinajstić information content (AvgIpc) is 3.32. The van der Waals surface area contributed by atoms with E-state index in [0.717, 1.165) is 40.1 Å². The van der Waals surface area contributed by atoms with Gasteiger partial charge in [-0.2, -0.15) is 5.10 Å². The number of aromatic amines is 1. The van der Waals surface area contributed by atoms with Gasteiger partial charge < -0.3 is 10.1 Å². The average molecular weight is 401 g/mol. The van der Waals surface area contributed by atoms with Crippen LogP contribution < -0.4 is 5.32 Å². The summed E-state index contributed by atoms with van der Waals surface area (Å²) in [5, 5.41) is 13.8. The number of aromatic nitrogens is 4. The third kappa shape index (κ3) is 3.09. The summed E-state index contributed by atoms with van der Waals surface area (Å²) in [5.74, 6) is 2.10. The van der Waals surface area contributed by atoms with E-state index in [4.69, 9.17) is 4.74 Å². The van der Waals surface area contributed by atoms with E-state index in [9.17, 15) is 4.79 Å². The van der Waals surface area contributed by atoms with E-state index in [1.807, 2.05) is 32.2 Å². The number of amides is 1. The van der Waals surface area contributed by atoms with E-state index in [0.29, 0.717) is 24.8 Å². The van der Waals surface area contributed by atoms with Gasteiger partial charge in [0.15, 0.2) is 5.82 Å². The maximum absolute atomic E-state index is 12.6. The SMILES string of the molecule is CCCCOC(=O)N1Cc2c(Nc3nc(C)nc4sccc34)n[nH]c2C1(C)C. The molecule has 8 nitrogen and oxygen atoms in total. The molecular weight excluding hydrogens is 376 g/mol. The first-order valence-electron chi connectivity index (χ1n) is 9.42. The third-order valence-electron chi connectivity index (χ3n) is 5.09. The molecule has 1 amide bonds. The Balaban J connectivity index is 1.61. The smallest absolute Gasteiger partial charge is 0.410 e. The summed E-state index contributed by atoms with van der Waals surface area (Å²) >= 11 is 1.58. The van der Waals surface area contributed by atoms with Gasteiger partial charge in [0.2, 0.25) is 0 Å². The minimum Gasteiger partial charge on any atom is -0.449 e. The summed E-state index contributed by atoms with van der Waals surface area (Å²) in [7, 11) is 0. The molecule has 0 atom stereocenters. The van der Waals surface area contributed by atoms with Crippen molar-refractivity contribution < 1.29 is 9.53 Å². The Morgan fingerprint density at radius 2 is 2.21 bits per heavy atom. The normalized spacial score (nSPS) is 15.1. The molecule has 148 valence electrons. The molecule has 28 heavy (non-hydrogen) atoms. The number of ether oxygens (including phenoxy) is 1. The Labute approximate surface area is 167 Å². The molecule has 4 rings (SSSR count). The lowest BCUT2D eigenvalue weighted by atomic mass is 10.0. The molecule has 0 saturated heterocycles. The van der Waals surface area contributed by atoms with Crippen LogP contribution in [-0.4, -0.2) is 37.8 Å². The maximum Gasteiger partial charge on any atom is 0.410 e. The summed E-state index contributed by atoms with van der Waals surface area (Å²) < 4.78 is 5.44. The van der Waals surface area contributed by atoms with E-state index < -0.39 is 5.54 Å². The highest BCUT2D eigenvalue weighted by atomic mass is 32.1. The molecule has 1 aliphatic heterocycles. The summed E-state index contributed by atoms with van der Waals surface area (Å²) in [6, 6.07) is 2.00. The van der Waals surface area contributed by atoms with Gasteiger partial charge in [-0.15, -0.1) is 11.3 Å². The zero-order chi connectivity index (χ0) is 19.9. The second-order valence-electron chi connectivity index (χ2n) is 7.42. The lowest BCUT2D eigenvalue weighted by Gasteiger charge is -2.30. The second-order valence-corrected chi connectivity index (χ2v) is 8.32. The number of unbranched alkanes of at least 4 members (excludes halogenated alkanes) is 1. The van der Waals surface area contributed by atoms with Crippen LogP contribution in [0.25, 0.3) is 10.2 Å². The number of H-pyrrole nitrogens is 1. The highest BCUT2D eigenvalue weighted by Gasteiger charge is 2.44. The summed E-state index contributed by atoms with van der Waals surface area (Å²) in [4.78, 5) is 24.3. The number of carbonyl (C=O) groups is 1. The molecule has 2 N–H and O–H groups in total. The minimum absolute atomic E-state index is 0.299. The molecule has 0 aromatic carbocycles. The van der Waals surface area contributed by atoms with Crippen LogP contribution in [0, 0.1) is 6.92 Å². The highest BCUT2D eigenvalue weighted by Crippen LogP contribution is 2.41. The quantitative estimate of drug-likeness (QED) is 0.614. The molecule has 0 radical (unpaired) electrons. The molecule has 9 heteroatoms. The van der Waals surface area contributed by atoms with Gasteiger partial charge in [-0.3, -0.25) is 10.00 Å². The van der Waals surface area contributed by atoms with Crippen molar-refractivity contribution in [3.63, 3.8) is 0 Å². The molecule has 0 spiro atoms. The molecule has 4 heterocycles. The molecule has 0 fully saturated rings. The van der Waals surface area contributed by atoms with Crippen molar-refractivity contribution in [2.75, 3.05) is 11.9 Å². The number of thiophene rings is 1. The molecule has 3 aromatic heterocycles. The fraction of sp³-hybridized carbons (Fsp3) is 0.474. The molecule has 1 aliphatic rings. The first-order chi connectivity index (χ1) is 13.4. The van der Waals surface area contributed by atoms with Gasteiger partial charge in [0.25, 0.3) is 0 Å². The number of hydrogen-bond acceptors (Lipinski definition) is 7. The van der Waals surface area contributed by atoms with Crippen molar-refractivity contribution in [1.29, 1.82) is 0 Å². The zero-order valence-corrected chi connectivity index (χ0v) is 17.3. The van der Waals surface area contributed by atoms with E-state index in [2.05, 4.69) is 32.4 Å². The van der Waals surface area contributed by atoms with Crippen molar-refractivity contribution in [1.82, 2.24) is 25.1 Å². The Kier molecular flexibility index (Phi) is 4.70. The van der Waals surface area contributed by atoms with Gasteiger partial charge in [0.1, 0.15) is 16.5 Å². The van der Waals surface area contributed by atoms with Crippen LogP contribution in [0.5, 0.6) is 0 Å². The zero-order valence-electron chi connectivity index (χ0n) is 16.5. The van der Waals surface area contributed by atoms with Crippen molar-refractivity contribution in [2.24, 2.45) is 0 Å². The molecule has 0 bridgehead atoms. The van der Waals surface area contributed by atoms with Crippen molar-refractivity contribution in [2.45, 2.75) is 52.6 Å². The van der Waals surface area contributed by atoms with Gasteiger partial charge in [-0.1, -0.05) is 13.3 Å². The molecule has 0 unspecified atom stereocenters. The van der Waals surface area contributed by atoms with Gasteiger partial charge in [0, 0.05) is 5.56 Å². The van der Waals surface area contributed by atoms with Crippen LogP contribution in [0.4, 0.5) is 16.4 Å². The second kappa shape index (κ2) is 7.05. The Hall–Kier alpha value is -2.68. The summed E-state index contributed by atoms with van der Waals surface area (Å²) in [6.07, 6.45) is 1.55.